The summed E-state index contributed by atoms with van der Waals surface area (Å²) < 4.78 is 23.5. The summed E-state index contributed by atoms with van der Waals surface area (Å²) in [5, 5.41) is 2.73. The lowest BCUT2D eigenvalue weighted by molar-refractivity contribution is 0.0950. The van der Waals surface area contributed by atoms with Crippen LogP contribution in [-0.2, 0) is 6.54 Å². The maximum atomic E-state index is 13.6. The summed E-state index contributed by atoms with van der Waals surface area (Å²) in [7, 11) is 2.96. The number of rotatable bonds is 5. The normalized spacial score (nSPS) is 10.0. The zero-order valence-electron chi connectivity index (χ0n) is 11.9. The molecule has 5 heteroatoms. The summed E-state index contributed by atoms with van der Waals surface area (Å²) in [4.78, 5) is 12.0. The topological polar surface area (TPSA) is 47.6 Å². The highest BCUT2D eigenvalue weighted by Crippen LogP contribution is 2.18. The van der Waals surface area contributed by atoms with Gasteiger partial charge in [0, 0.05) is 12.1 Å². The molecule has 0 aliphatic carbocycles. The van der Waals surface area contributed by atoms with E-state index in [0.717, 1.165) is 17.4 Å². The molecule has 0 fully saturated rings. The van der Waals surface area contributed by atoms with E-state index >= 15 is 0 Å². The fraction of sp³-hybridized carbons (Fsp3) is 0.188. The first-order valence-corrected chi connectivity index (χ1v) is 6.38. The van der Waals surface area contributed by atoms with Gasteiger partial charge in [0.2, 0.25) is 0 Å². The van der Waals surface area contributed by atoms with Crippen molar-refractivity contribution >= 4 is 5.91 Å². The van der Waals surface area contributed by atoms with E-state index in [-0.39, 0.29) is 17.2 Å². The summed E-state index contributed by atoms with van der Waals surface area (Å²) in [5.41, 5.74) is 1.15. The first-order chi connectivity index (χ1) is 10.1. The fourth-order valence-corrected chi connectivity index (χ4v) is 1.87. The van der Waals surface area contributed by atoms with Crippen LogP contribution in [0.3, 0.4) is 0 Å². The third kappa shape index (κ3) is 3.72. The van der Waals surface area contributed by atoms with E-state index in [1.165, 1.54) is 19.2 Å². The molecule has 0 heterocycles. The fourth-order valence-electron chi connectivity index (χ4n) is 1.87. The SMILES string of the molecule is COc1cccc(CNC(=O)c2ccc(OC)c(F)c2)c1. The van der Waals surface area contributed by atoms with Crippen molar-refractivity contribution in [3.05, 3.63) is 59.4 Å². The molecule has 0 unspecified atom stereocenters. The van der Waals surface area contributed by atoms with Crippen molar-refractivity contribution < 1.29 is 18.7 Å². The Balaban J connectivity index is 2.02. The molecule has 110 valence electrons. The highest BCUT2D eigenvalue weighted by molar-refractivity contribution is 5.94. The second kappa shape index (κ2) is 6.74. The summed E-state index contributed by atoms with van der Waals surface area (Å²) >= 11 is 0. The van der Waals surface area contributed by atoms with Gasteiger partial charge in [0.25, 0.3) is 5.91 Å². The van der Waals surface area contributed by atoms with E-state index < -0.39 is 5.82 Å². The Hall–Kier alpha value is -2.56. The second-order valence-corrected chi connectivity index (χ2v) is 4.38. The molecule has 2 aromatic carbocycles. The van der Waals surface area contributed by atoms with Crippen LogP contribution >= 0.6 is 0 Å². The number of carbonyl (C=O) groups is 1. The average molecular weight is 289 g/mol. The zero-order chi connectivity index (χ0) is 15.2. The third-order valence-corrected chi connectivity index (χ3v) is 3.00. The molecule has 1 amide bonds. The molecule has 0 aliphatic rings. The van der Waals surface area contributed by atoms with Crippen molar-refractivity contribution in [1.82, 2.24) is 5.32 Å². The van der Waals surface area contributed by atoms with Crippen LogP contribution in [0.4, 0.5) is 4.39 Å². The van der Waals surface area contributed by atoms with Crippen molar-refractivity contribution in [2.45, 2.75) is 6.54 Å². The first kappa shape index (κ1) is 14.8. The number of carbonyl (C=O) groups excluding carboxylic acids is 1. The highest BCUT2D eigenvalue weighted by atomic mass is 19.1. The van der Waals surface area contributed by atoms with E-state index in [2.05, 4.69) is 5.32 Å². The van der Waals surface area contributed by atoms with Crippen molar-refractivity contribution in [1.29, 1.82) is 0 Å². The molecule has 2 rings (SSSR count). The Bertz CT molecular complexity index is 643. The van der Waals surface area contributed by atoms with Gasteiger partial charge in [-0.15, -0.1) is 0 Å². The van der Waals surface area contributed by atoms with Crippen LogP contribution in [0.15, 0.2) is 42.5 Å². The lowest BCUT2D eigenvalue weighted by atomic mass is 10.1. The lowest BCUT2D eigenvalue weighted by Crippen LogP contribution is -2.22. The van der Waals surface area contributed by atoms with E-state index in [1.54, 1.807) is 7.11 Å². The maximum Gasteiger partial charge on any atom is 0.251 e. The summed E-state index contributed by atoms with van der Waals surface area (Å²) in [6.07, 6.45) is 0. The van der Waals surface area contributed by atoms with E-state index in [0.29, 0.717) is 6.54 Å². The standard InChI is InChI=1S/C16H16FNO3/c1-20-13-5-3-4-11(8-13)10-18-16(19)12-6-7-15(21-2)14(17)9-12/h3-9H,10H2,1-2H3,(H,18,19). The van der Waals surface area contributed by atoms with Gasteiger partial charge < -0.3 is 14.8 Å². The summed E-state index contributed by atoms with van der Waals surface area (Å²) in [6, 6.07) is 11.5. The van der Waals surface area contributed by atoms with Gasteiger partial charge in [-0.2, -0.15) is 0 Å². The molecule has 0 saturated carbocycles. The van der Waals surface area contributed by atoms with Crippen molar-refractivity contribution in [3.63, 3.8) is 0 Å². The molecule has 2 aromatic rings. The van der Waals surface area contributed by atoms with Gasteiger partial charge in [-0.25, -0.2) is 4.39 Å². The molecule has 21 heavy (non-hydrogen) atoms. The molecule has 0 saturated heterocycles. The molecule has 0 atom stereocenters. The smallest absolute Gasteiger partial charge is 0.251 e. The van der Waals surface area contributed by atoms with Gasteiger partial charge in [0.15, 0.2) is 11.6 Å². The van der Waals surface area contributed by atoms with Crippen molar-refractivity contribution in [2.75, 3.05) is 14.2 Å². The lowest BCUT2D eigenvalue weighted by Gasteiger charge is -2.08. The third-order valence-electron chi connectivity index (χ3n) is 3.00. The zero-order valence-corrected chi connectivity index (χ0v) is 11.9. The number of hydrogen-bond acceptors (Lipinski definition) is 3. The van der Waals surface area contributed by atoms with Crippen LogP contribution in [0.5, 0.6) is 11.5 Å². The number of amides is 1. The molecule has 0 aliphatic heterocycles. The Morgan fingerprint density at radius 3 is 2.62 bits per heavy atom. The van der Waals surface area contributed by atoms with Gasteiger partial charge in [-0.1, -0.05) is 12.1 Å². The predicted octanol–water partition coefficient (Wildman–Crippen LogP) is 2.77. The number of halogens is 1. The number of methoxy groups -OCH3 is 2. The van der Waals surface area contributed by atoms with E-state index in [9.17, 15) is 9.18 Å². The molecule has 4 nitrogen and oxygen atoms in total. The minimum atomic E-state index is -0.563. The van der Waals surface area contributed by atoms with Gasteiger partial charge in [-0.3, -0.25) is 4.79 Å². The quantitative estimate of drug-likeness (QED) is 0.920. The molecule has 1 N–H and O–H groups in total. The van der Waals surface area contributed by atoms with Crippen molar-refractivity contribution in [2.24, 2.45) is 0 Å². The van der Waals surface area contributed by atoms with Gasteiger partial charge in [-0.05, 0) is 35.9 Å². The number of nitrogens with one attached hydrogen (secondary N) is 1. The largest absolute Gasteiger partial charge is 0.497 e. The number of benzene rings is 2. The number of hydrogen-bond donors (Lipinski definition) is 1. The van der Waals surface area contributed by atoms with Crippen LogP contribution in [0.2, 0.25) is 0 Å². The Kier molecular flexibility index (Phi) is 4.77. The van der Waals surface area contributed by atoms with E-state index in [4.69, 9.17) is 9.47 Å². The Morgan fingerprint density at radius 2 is 1.95 bits per heavy atom. The van der Waals surface area contributed by atoms with Crippen LogP contribution in [-0.4, -0.2) is 20.1 Å². The average Bonchev–Trinajstić information content (AvgIpc) is 2.52. The summed E-state index contributed by atoms with van der Waals surface area (Å²) in [5.74, 6) is -0.0810. The van der Waals surface area contributed by atoms with Gasteiger partial charge in [0.05, 0.1) is 14.2 Å². The van der Waals surface area contributed by atoms with E-state index in [1.807, 2.05) is 24.3 Å². The minimum absolute atomic E-state index is 0.111. The van der Waals surface area contributed by atoms with Crippen LogP contribution in [0.25, 0.3) is 0 Å². The predicted molar refractivity (Wildman–Crippen MR) is 77.1 cm³/mol. The molecule has 0 aromatic heterocycles. The second-order valence-electron chi connectivity index (χ2n) is 4.38. The minimum Gasteiger partial charge on any atom is -0.497 e. The molecular formula is C16H16FNO3. The first-order valence-electron chi connectivity index (χ1n) is 6.38. The van der Waals surface area contributed by atoms with Crippen LogP contribution in [0.1, 0.15) is 15.9 Å². The van der Waals surface area contributed by atoms with Crippen LogP contribution < -0.4 is 14.8 Å². The summed E-state index contributed by atoms with van der Waals surface area (Å²) in [6.45, 7) is 0.337. The van der Waals surface area contributed by atoms with Gasteiger partial charge >= 0.3 is 0 Å². The number of ether oxygens (including phenoxy) is 2. The Labute approximate surface area is 122 Å². The maximum absolute atomic E-state index is 13.6. The molecule has 0 spiro atoms. The molecule has 0 bridgehead atoms. The monoisotopic (exact) mass is 289 g/mol. The Morgan fingerprint density at radius 1 is 1.14 bits per heavy atom. The van der Waals surface area contributed by atoms with Crippen molar-refractivity contribution in [3.8, 4) is 11.5 Å². The van der Waals surface area contributed by atoms with Crippen LogP contribution in [0, 0.1) is 5.82 Å². The molecular weight excluding hydrogens is 273 g/mol. The van der Waals surface area contributed by atoms with Gasteiger partial charge in [0.1, 0.15) is 5.75 Å². The molecule has 0 radical (unpaired) electrons. The highest BCUT2D eigenvalue weighted by Gasteiger charge is 2.10.